The van der Waals surface area contributed by atoms with Gasteiger partial charge < -0.3 is 10.2 Å². The van der Waals surface area contributed by atoms with E-state index in [9.17, 15) is 0 Å². The number of hydrogen-bond acceptors (Lipinski definition) is 5. The van der Waals surface area contributed by atoms with Crippen molar-refractivity contribution in [3.63, 3.8) is 0 Å². The molecule has 5 heteroatoms. The Morgan fingerprint density at radius 2 is 2.16 bits per heavy atom. The van der Waals surface area contributed by atoms with Crippen LogP contribution in [0.25, 0.3) is 0 Å². The van der Waals surface area contributed by atoms with Gasteiger partial charge in [0.25, 0.3) is 0 Å². The van der Waals surface area contributed by atoms with Crippen LogP contribution in [0.15, 0.2) is 6.33 Å². The summed E-state index contributed by atoms with van der Waals surface area (Å²) in [5.74, 6) is 2.03. The van der Waals surface area contributed by atoms with Gasteiger partial charge in [-0.25, -0.2) is 9.97 Å². The SMILES string of the molecule is CNc1ncnc(N2CC3CCCN3CC2C)c1C. The minimum absolute atomic E-state index is 0.521. The van der Waals surface area contributed by atoms with Crippen molar-refractivity contribution in [3.05, 3.63) is 11.9 Å². The fourth-order valence-corrected chi connectivity index (χ4v) is 3.46. The number of aromatic nitrogens is 2. The maximum absolute atomic E-state index is 4.53. The van der Waals surface area contributed by atoms with Gasteiger partial charge in [-0.05, 0) is 33.2 Å². The molecule has 3 rings (SSSR count). The Bertz CT molecular complexity index is 461. The quantitative estimate of drug-likeness (QED) is 0.874. The van der Waals surface area contributed by atoms with Crippen LogP contribution in [0.1, 0.15) is 25.3 Å². The predicted molar refractivity (Wildman–Crippen MR) is 77.7 cm³/mol. The molecule has 0 bridgehead atoms. The standard InChI is InChI=1S/C14H23N5/c1-10-7-18-6-4-5-12(18)8-19(10)14-11(2)13(15-3)16-9-17-14/h9-10,12H,4-8H2,1-3H3,(H,15,16,17). The number of fused-ring (bicyclic) bond motifs is 1. The molecule has 5 nitrogen and oxygen atoms in total. The lowest BCUT2D eigenvalue weighted by Crippen LogP contribution is -2.55. The Balaban J connectivity index is 1.89. The molecule has 3 heterocycles. The first kappa shape index (κ1) is 12.7. The topological polar surface area (TPSA) is 44.3 Å². The monoisotopic (exact) mass is 261 g/mol. The summed E-state index contributed by atoms with van der Waals surface area (Å²) in [6, 6.07) is 1.23. The van der Waals surface area contributed by atoms with Crippen LogP contribution in [0.5, 0.6) is 0 Å². The smallest absolute Gasteiger partial charge is 0.137 e. The maximum atomic E-state index is 4.53. The first-order valence-electron chi connectivity index (χ1n) is 7.20. The van der Waals surface area contributed by atoms with Crippen LogP contribution in [0.2, 0.25) is 0 Å². The van der Waals surface area contributed by atoms with E-state index in [1.807, 2.05) is 7.05 Å². The van der Waals surface area contributed by atoms with Crippen LogP contribution >= 0.6 is 0 Å². The average Bonchev–Trinajstić information content (AvgIpc) is 2.85. The number of nitrogens with zero attached hydrogens (tertiary/aromatic N) is 4. The molecule has 2 aliphatic heterocycles. The molecule has 0 aliphatic carbocycles. The highest BCUT2D eigenvalue weighted by molar-refractivity contribution is 5.58. The lowest BCUT2D eigenvalue weighted by molar-refractivity contribution is 0.202. The van der Waals surface area contributed by atoms with E-state index in [1.165, 1.54) is 19.4 Å². The molecule has 0 saturated carbocycles. The number of nitrogens with one attached hydrogen (secondary N) is 1. The van der Waals surface area contributed by atoms with Crippen molar-refractivity contribution in [3.8, 4) is 0 Å². The Labute approximate surface area is 115 Å². The van der Waals surface area contributed by atoms with Gasteiger partial charge in [0, 0.05) is 37.8 Å². The highest BCUT2D eigenvalue weighted by atomic mass is 15.3. The van der Waals surface area contributed by atoms with Crippen LogP contribution in [0.3, 0.4) is 0 Å². The molecule has 1 N–H and O–H groups in total. The largest absolute Gasteiger partial charge is 0.373 e. The van der Waals surface area contributed by atoms with Gasteiger partial charge in [0.1, 0.15) is 18.0 Å². The molecule has 0 radical (unpaired) electrons. The summed E-state index contributed by atoms with van der Waals surface area (Å²) < 4.78 is 0. The van der Waals surface area contributed by atoms with Crippen molar-refractivity contribution in [2.24, 2.45) is 0 Å². The van der Waals surface area contributed by atoms with E-state index in [2.05, 4.69) is 38.9 Å². The molecular formula is C14H23N5. The van der Waals surface area contributed by atoms with Gasteiger partial charge in [-0.15, -0.1) is 0 Å². The number of hydrogen-bond donors (Lipinski definition) is 1. The second-order valence-corrected chi connectivity index (χ2v) is 5.71. The zero-order valence-electron chi connectivity index (χ0n) is 12.1. The zero-order chi connectivity index (χ0) is 13.4. The van der Waals surface area contributed by atoms with Gasteiger partial charge in [-0.1, -0.05) is 0 Å². The summed E-state index contributed by atoms with van der Waals surface area (Å²) in [6.45, 7) is 7.93. The normalized spacial score (nSPS) is 27.4. The zero-order valence-corrected chi connectivity index (χ0v) is 12.1. The molecule has 1 aromatic rings. The van der Waals surface area contributed by atoms with E-state index < -0.39 is 0 Å². The van der Waals surface area contributed by atoms with Gasteiger partial charge in [0.2, 0.25) is 0 Å². The fourth-order valence-electron chi connectivity index (χ4n) is 3.46. The third-order valence-corrected chi connectivity index (χ3v) is 4.50. The van der Waals surface area contributed by atoms with E-state index in [4.69, 9.17) is 0 Å². The van der Waals surface area contributed by atoms with Gasteiger partial charge in [-0.3, -0.25) is 4.90 Å². The van der Waals surface area contributed by atoms with Crippen molar-refractivity contribution < 1.29 is 0 Å². The molecule has 0 amide bonds. The van der Waals surface area contributed by atoms with Crippen molar-refractivity contribution in [2.75, 3.05) is 36.9 Å². The van der Waals surface area contributed by atoms with E-state index in [-0.39, 0.29) is 0 Å². The van der Waals surface area contributed by atoms with Crippen LogP contribution < -0.4 is 10.2 Å². The molecule has 2 fully saturated rings. The number of rotatable bonds is 2. The molecule has 2 atom stereocenters. The minimum Gasteiger partial charge on any atom is -0.373 e. The third kappa shape index (κ3) is 2.16. The Morgan fingerprint density at radius 1 is 1.32 bits per heavy atom. The van der Waals surface area contributed by atoms with E-state index in [1.54, 1.807) is 6.33 Å². The lowest BCUT2D eigenvalue weighted by Gasteiger charge is -2.43. The fraction of sp³-hybridized carbons (Fsp3) is 0.714. The summed E-state index contributed by atoms with van der Waals surface area (Å²) in [5.41, 5.74) is 1.16. The summed E-state index contributed by atoms with van der Waals surface area (Å²) in [7, 11) is 1.91. The van der Waals surface area contributed by atoms with Gasteiger partial charge in [-0.2, -0.15) is 0 Å². The van der Waals surface area contributed by atoms with E-state index >= 15 is 0 Å². The number of anilines is 2. The molecule has 2 unspecified atom stereocenters. The first-order valence-corrected chi connectivity index (χ1v) is 7.20. The van der Waals surface area contributed by atoms with Crippen LogP contribution in [0.4, 0.5) is 11.6 Å². The maximum Gasteiger partial charge on any atom is 0.137 e. The molecular weight excluding hydrogens is 238 g/mol. The van der Waals surface area contributed by atoms with Crippen molar-refractivity contribution >= 4 is 11.6 Å². The molecule has 19 heavy (non-hydrogen) atoms. The van der Waals surface area contributed by atoms with E-state index in [0.717, 1.165) is 30.3 Å². The summed E-state index contributed by atoms with van der Waals surface area (Å²) in [5, 5.41) is 3.15. The summed E-state index contributed by atoms with van der Waals surface area (Å²) in [4.78, 5) is 13.9. The van der Waals surface area contributed by atoms with Crippen molar-refractivity contribution in [1.29, 1.82) is 0 Å². The van der Waals surface area contributed by atoms with Crippen LogP contribution in [-0.4, -0.2) is 53.6 Å². The van der Waals surface area contributed by atoms with Crippen molar-refractivity contribution in [2.45, 2.75) is 38.8 Å². The molecule has 1 aromatic heterocycles. The Hall–Kier alpha value is -1.36. The molecule has 2 saturated heterocycles. The van der Waals surface area contributed by atoms with Gasteiger partial charge >= 0.3 is 0 Å². The molecule has 104 valence electrons. The summed E-state index contributed by atoms with van der Waals surface area (Å²) in [6.07, 6.45) is 4.34. The highest BCUT2D eigenvalue weighted by Gasteiger charge is 2.35. The predicted octanol–water partition coefficient (Wildman–Crippen LogP) is 1.50. The molecule has 0 spiro atoms. The minimum atomic E-state index is 0.521. The molecule has 2 aliphatic rings. The summed E-state index contributed by atoms with van der Waals surface area (Å²) >= 11 is 0. The van der Waals surface area contributed by atoms with Crippen LogP contribution in [0, 0.1) is 6.92 Å². The third-order valence-electron chi connectivity index (χ3n) is 4.50. The van der Waals surface area contributed by atoms with Crippen LogP contribution in [-0.2, 0) is 0 Å². The Morgan fingerprint density at radius 3 is 2.95 bits per heavy atom. The lowest BCUT2D eigenvalue weighted by atomic mass is 10.1. The second-order valence-electron chi connectivity index (χ2n) is 5.71. The number of piperazine rings is 1. The van der Waals surface area contributed by atoms with Crippen molar-refractivity contribution in [1.82, 2.24) is 14.9 Å². The van der Waals surface area contributed by atoms with Gasteiger partial charge in [0.05, 0.1) is 0 Å². The van der Waals surface area contributed by atoms with E-state index in [0.29, 0.717) is 12.1 Å². The second kappa shape index (κ2) is 4.96. The first-order chi connectivity index (χ1) is 9.20. The average molecular weight is 261 g/mol. The van der Waals surface area contributed by atoms with Gasteiger partial charge in [0.15, 0.2) is 0 Å². The molecule has 0 aromatic carbocycles. The Kier molecular flexibility index (Phi) is 3.31. The highest BCUT2D eigenvalue weighted by Crippen LogP contribution is 2.30.